The molecule has 0 aromatic carbocycles. The molecule has 1 saturated carbocycles. The van der Waals surface area contributed by atoms with Crippen LogP contribution in [-0.2, 0) is 9.59 Å². The molecule has 1 aliphatic rings. The van der Waals surface area contributed by atoms with Crippen LogP contribution in [0.2, 0.25) is 0 Å². The van der Waals surface area contributed by atoms with Gasteiger partial charge in [-0.1, -0.05) is 13.8 Å². The number of hydrogen-bond acceptors (Lipinski definition) is 3. The van der Waals surface area contributed by atoms with Gasteiger partial charge in [-0.2, -0.15) is 0 Å². The molecular weight excluding hydrogens is 186 g/mol. The van der Waals surface area contributed by atoms with Gasteiger partial charge in [0.25, 0.3) is 0 Å². The smallest absolute Gasteiger partial charge is 0.328 e. The zero-order chi connectivity index (χ0) is 10.9. The van der Waals surface area contributed by atoms with Crippen molar-refractivity contribution in [2.45, 2.75) is 26.3 Å². The van der Waals surface area contributed by atoms with E-state index in [1.54, 1.807) is 0 Å². The minimum absolute atomic E-state index is 0.0252. The Morgan fingerprint density at radius 2 is 2.07 bits per heavy atom. The Kier molecular flexibility index (Phi) is 2.80. The number of nitrogens with one attached hydrogen (secondary N) is 1. The number of hydrogen-bond donors (Lipinski definition) is 3. The van der Waals surface area contributed by atoms with E-state index in [1.165, 1.54) is 0 Å². The fourth-order valence-electron chi connectivity index (χ4n) is 1.37. The van der Waals surface area contributed by atoms with E-state index in [-0.39, 0.29) is 17.2 Å². The summed E-state index contributed by atoms with van der Waals surface area (Å²) in [5.41, 5.74) is -0.0252. The molecule has 0 aromatic heterocycles. The van der Waals surface area contributed by atoms with Gasteiger partial charge in [-0.15, -0.1) is 0 Å². The zero-order valence-electron chi connectivity index (χ0n) is 8.28. The van der Waals surface area contributed by atoms with Crippen LogP contribution in [0.5, 0.6) is 0 Å². The maximum atomic E-state index is 11.4. The summed E-state index contributed by atoms with van der Waals surface area (Å²) < 4.78 is 0. The van der Waals surface area contributed by atoms with Crippen LogP contribution < -0.4 is 5.32 Å². The van der Waals surface area contributed by atoms with E-state index in [0.29, 0.717) is 0 Å². The SMILES string of the molecule is CC1(C)CC1C(=O)N[C@@H](CO)C(=O)O. The van der Waals surface area contributed by atoms with Gasteiger partial charge >= 0.3 is 5.97 Å². The molecule has 0 saturated heterocycles. The molecule has 3 N–H and O–H groups in total. The molecule has 1 aliphatic carbocycles. The van der Waals surface area contributed by atoms with Gasteiger partial charge in [-0.25, -0.2) is 4.79 Å². The van der Waals surface area contributed by atoms with Crippen molar-refractivity contribution in [2.75, 3.05) is 6.61 Å². The Balaban J connectivity index is 2.45. The van der Waals surface area contributed by atoms with E-state index in [1.807, 2.05) is 13.8 Å². The third-order valence-corrected chi connectivity index (χ3v) is 2.63. The molecule has 0 aliphatic heterocycles. The van der Waals surface area contributed by atoms with Crippen LogP contribution in [0.1, 0.15) is 20.3 Å². The van der Waals surface area contributed by atoms with Gasteiger partial charge in [0.15, 0.2) is 0 Å². The highest BCUT2D eigenvalue weighted by atomic mass is 16.4. The van der Waals surface area contributed by atoms with Gasteiger partial charge in [0.1, 0.15) is 6.04 Å². The first-order valence-corrected chi connectivity index (χ1v) is 4.52. The number of aliphatic hydroxyl groups excluding tert-OH is 1. The molecule has 0 spiro atoms. The Hall–Kier alpha value is -1.10. The number of aliphatic hydroxyl groups is 1. The van der Waals surface area contributed by atoms with Crippen molar-refractivity contribution in [3.63, 3.8) is 0 Å². The number of amides is 1. The monoisotopic (exact) mass is 201 g/mol. The van der Waals surface area contributed by atoms with Gasteiger partial charge in [0.05, 0.1) is 6.61 Å². The minimum atomic E-state index is -1.21. The summed E-state index contributed by atoms with van der Waals surface area (Å²) in [5.74, 6) is -1.60. The lowest BCUT2D eigenvalue weighted by molar-refractivity contribution is -0.143. The van der Waals surface area contributed by atoms with E-state index >= 15 is 0 Å². The number of carbonyl (C=O) groups is 2. The molecule has 80 valence electrons. The van der Waals surface area contributed by atoms with Gasteiger partial charge in [0.2, 0.25) is 5.91 Å². The quantitative estimate of drug-likeness (QED) is 0.577. The van der Waals surface area contributed by atoms with Gasteiger partial charge in [-0.3, -0.25) is 4.79 Å². The Morgan fingerprint density at radius 1 is 1.57 bits per heavy atom. The topological polar surface area (TPSA) is 86.6 Å². The molecule has 5 heteroatoms. The van der Waals surface area contributed by atoms with Crippen molar-refractivity contribution in [2.24, 2.45) is 11.3 Å². The number of carboxylic acids is 1. The zero-order valence-corrected chi connectivity index (χ0v) is 8.28. The summed E-state index contributed by atoms with van der Waals surface area (Å²) in [5, 5.41) is 19.6. The summed E-state index contributed by atoms with van der Waals surface area (Å²) in [6.07, 6.45) is 0.774. The average molecular weight is 201 g/mol. The molecule has 1 amide bonds. The van der Waals surface area contributed by atoms with Crippen LogP contribution in [0.3, 0.4) is 0 Å². The fourth-order valence-corrected chi connectivity index (χ4v) is 1.37. The van der Waals surface area contributed by atoms with Crippen LogP contribution in [-0.4, -0.2) is 34.7 Å². The summed E-state index contributed by atoms with van der Waals surface area (Å²) >= 11 is 0. The summed E-state index contributed by atoms with van der Waals surface area (Å²) in [6.45, 7) is 3.33. The van der Waals surface area contributed by atoms with Crippen LogP contribution in [0.25, 0.3) is 0 Å². The molecule has 1 fully saturated rings. The second-order valence-electron chi connectivity index (χ2n) is 4.33. The molecule has 14 heavy (non-hydrogen) atoms. The predicted molar refractivity (Wildman–Crippen MR) is 48.5 cm³/mol. The first-order chi connectivity index (χ1) is 6.38. The lowest BCUT2D eigenvalue weighted by atomic mass is 10.1. The average Bonchev–Trinajstić information content (AvgIpc) is 2.70. The highest BCUT2D eigenvalue weighted by Crippen LogP contribution is 2.51. The third-order valence-electron chi connectivity index (χ3n) is 2.63. The van der Waals surface area contributed by atoms with E-state index in [9.17, 15) is 9.59 Å². The fraction of sp³-hybridized carbons (Fsp3) is 0.778. The molecular formula is C9H15NO4. The van der Waals surface area contributed by atoms with Crippen LogP contribution in [0, 0.1) is 11.3 Å². The van der Waals surface area contributed by atoms with Crippen molar-refractivity contribution in [1.82, 2.24) is 5.32 Å². The molecule has 0 aromatic rings. The second-order valence-corrected chi connectivity index (χ2v) is 4.33. The maximum absolute atomic E-state index is 11.4. The standard InChI is InChI=1S/C9H15NO4/c1-9(2)3-5(9)7(12)10-6(4-11)8(13)14/h5-6,11H,3-4H2,1-2H3,(H,10,12)(H,13,14)/t5?,6-/m0/s1. The van der Waals surface area contributed by atoms with Crippen molar-refractivity contribution < 1.29 is 19.8 Å². The highest BCUT2D eigenvalue weighted by Gasteiger charge is 2.51. The van der Waals surface area contributed by atoms with E-state index in [2.05, 4.69) is 5.32 Å². The maximum Gasteiger partial charge on any atom is 0.328 e. The van der Waals surface area contributed by atoms with Gasteiger partial charge < -0.3 is 15.5 Å². The number of carboxylic acid groups (broad SMARTS) is 1. The molecule has 1 unspecified atom stereocenters. The second kappa shape index (κ2) is 3.57. The van der Waals surface area contributed by atoms with Crippen LogP contribution >= 0.6 is 0 Å². The molecule has 2 atom stereocenters. The first-order valence-electron chi connectivity index (χ1n) is 4.52. The lowest BCUT2D eigenvalue weighted by Gasteiger charge is -2.12. The van der Waals surface area contributed by atoms with Crippen LogP contribution in [0.4, 0.5) is 0 Å². The first kappa shape index (κ1) is 11.0. The Bertz CT molecular complexity index is 262. The summed E-state index contributed by atoms with van der Waals surface area (Å²) in [7, 11) is 0. The molecule has 1 rings (SSSR count). The Labute approximate surface area is 82.1 Å². The third kappa shape index (κ3) is 2.23. The van der Waals surface area contributed by atoms with E-state index in [0.717, 1.165) is 6.42 Å². The molecule has 0 radical (unpaired) electrons. The van der Waals surface area contributed by atoms with Gasteiger partial charge in [0, 0.05) is 5.92 Å². The summed E-state index contributed by atoms with van der Waals surface area (Å²) in [6, 6.07) is -1.18. The largest absolute Gasteiger partial charge is 0.480 e. The van der Waals surface area contributed by atoms with Crippen molar-refractivity contribution in [3.8, 4) is 0 Å². The predicted octanol–water partition coefficient (Wildman–Crippen LogP) is -0.406. The van der Waals surface area contributed by atoms with E-state index < -0.39 is 18.6 Å². The molecule has 0 heterocycles. The number of carbonyl (C=O) groups excluding carboxylic acids is 1. The Morgan fingerprint density at radius 3 is 2.36 bits per heavy atom. The minimum Gasteiger partial charge on any atom is -0.480 e. The number of rotatable bonds is 4. The van der Waals surface area contributed by atoms with Crippen molar-refractivity contribution >= 4 is 11.9 Å². The van der Waals surface area contributed by atoms with Gasteiger partial charge in [-0.05, 0) is 11.8 Å². The van der Waals surface area contributed by atoms with Crippen molar-refractivity contribution in [1.29, 1.82) is 0 Å². The van der Waals surface area contributed by atoms with Crippen LogP contribution in [0.15, 0.2) is 0 Å². The van der Waals surface area contributed by atoms with E-state index in [4.69, 9.17) is 10.2 Å². The van der Waals surface area contributed by atoms with Crippen molar-refractivity contribution in [3.05, 3.63) is 0 Å². The normalized spacial score (nSPS) is 25.2. The summed E-state index contributed by atoms with van der Waals surface area (Å²) in [4.78, 5) is 21.9. The highest BCUT2D eigenvalue weighted by molar-refractivity contribution is 5.87. The molecule has 5 nitrogen and oxygen atoms in total. The molecule has 0 bridgehead atoms. The number of aliphatic carboxylic acids is 1. The lowest BCUT2D eigenvalue weighted by Crippen LogP contribution is -2.44.